The second-order valence-corrected chi connectivity index (χ2v) is 6.71. The lowest BCUT2D eigenvalue weighted by Gasteiger charge is -2.30. The first kappa shape index (κ1) is 13.9. The molecule has 1 aliphatic rings. The summed E-state index contributed by atoms with van der Waals surface area (Å²) in [5.41, 5.74) is 0. The first-order valence-electron chi connectivity index (χ1n) is 6.13. The molecule has 1 aliphatic heterocycles. The Morgan fingerprint density at radius 2 is 2.12 bits per heavy atom. The van der Waals surface area contributed by atoms with Crippen LogP contribution < -0.4 is 5.32 Å². The van der Waals surface area contributed by atoms with Gasteiger partial charge in [-0.25, -0.2) is 12.7 Å². The number of unbranched alkanes of at least 4 members (excludes halogenated alkanes) is 1. The van der Waals surface area contributed by atoms with Gasteiger partial charge >= 0.3 is 0 Å². The largest absolute Gasteiger partial charge is 0.320 e. The second-order valence-electron chi connectivity index (χ2n) is 4.73. The molecule has 1 atom stereocenters. The van der Waals surface area contributed by atoms with Crippen molar-refractivity contribution in [1.29, 1.82) is 0 Å². The fourth-order valence-corrected chi connectivity index (χ4v) is 3.24. The molecule has 0 bridgehead atoms. The van der Waals surface area contributed by atoms with Crippen molar-refractivity contribution in [3.63, 3.8) is 0 Å². The summed E-state index contributed by atoms with van der Waals surface area (Å²) in [7, 11) is -1.01. The maximum atomic E-state index is 11.4. The number of hydrogen-bond donors (Lipinski definition) is 1. The number of piperidine rings is 1. The SMILES string of the molecule is CNCCCCC1CCCN(S(C)(=O)=O)C1. The third-order valence-corrected chi connectivity index (χ3v) is 4.51. The highest BCUT2D eigenvalue weighted by Crippen LogP contribution is 2.22. The molecule has 0 aromatic rings. The van der Waals surface area contributed by atoms with Gasteiger partial charge in [0.1, 0.15) is 0 Å². The third kappa shape index (κ3) is 4.80. The normalized spacial score (nSPS) is 23.5. The van der Waals surface area contributed by atoms with Crippen LogP contribution in [0.4, 0.5) is 0 Å². The van der Waals surface area contributed by atoms with Crippen LogP contribution in [0.1, 0.15) is 32.1 Å². The quantitative estimate of drug-likeness (QED) is 0.715. The van der Waals surface area contributed by atoms with Crippen molar-refractivity contribution in [1.82, 2.24) is 9.62 Å². The van der Waals surface area contributed by atoms with E-state index < -0.39 is 10.0 Å². The zero-order chi connectivity index (χ0) is 12.0. The summed E-state index contributed by atoms with van der Waals surface area (Å²) in [6.45, 7) is 2.51. The van der Waals surface area contributed by atoms with Gasteiger partial charge in [0, 0.05) is 13.1 Å². The lowest BCUT2D eigenvalue weighted by molar-refractivity contribution is 0.253. The van der Waals surface area contributed by atoms with Gasteiger partial charge in [0.15, 0.2) is 0 Å². The minimum Gasteiger partial charge on any atom is -0.320 e. The summed E-state index contributed by atoms with van der Waals surface area (Å²) >= 11 is 0. The summed E-state index contributed by atoms with van der Waals surface area (Å²) < 4.78 is 24.5. The molecule has 0 radical (unpaired) electrons. The van der Waals surface area contributed by atoms with Gasteiger partial charge in [0.05, 0.1) is 6.26 Å². The fraction of sp³-hybridized carbons (Fsp3) is 1.00. The molecule has 0 amide bonds. The molecule has 1 unspecified atom stereocenters. The van der Waals surface area contributed by atoms with Crippen LogP contribution in [0.15, 0.2) is 0 Å². The molecule has 1 saturated heterocycles. The van der Waals surface area contributed by atoms with Crippen LogP contribution in [-0.2, 0) is 10.0 Å². The van der Waals surface area contributed by atoms with Crippen molar-refractivity contribution >= 4 is 10.0 Å². The zero-order valence-corrected chi connectivity index (χ0v) is 11.2. The van der Waals surface area contributed by atoms with Crippen LogP contribution in [0.5, 0.6) is 0 Å². The second kappa shape index (κ2) is 6.57. The Morgan fingerprint density at radius 3 is 2.75 bits per heavy atom. The van der Waals surface area contributed by atoms with Crippen LogP contribution >= 0.6 is 0 Å². The van der Waals surface area contributed by atoms with Crippen LogP contribution in [0.25, 0.3) is 0 Å². The van der Waals surface area contributed by atoms with Crippen LogP contribution in [-0.4, -0.2) is 45.7 Å². The number of hydrogen-bond acceptors (Lipinski definition) is 3. The number of nitrogens with one attached hydrogen (secondary N) is 1. The van der Waals surface area contributed by atoms with Gasteiger partial charge in [-0.3, -0.25) is 0 Å². The summed E-state index contributed by atoms with van der Waals surface area (Å²) in [5.74, 6) is 0.570. The topological polar surface area (TPSA) is 49.4 Å². The van der Waals surface area contributed by atoms with E-state index in [1.54, 1.807) is 4.31 Å². The minimum atomic E-state index is -2.97. The Balaban J connectivity index is 2.28. The summed E-state index contributed by atoms with van der Waals surface area (Å²) in [6.07, 6.45) is 7.06. The fourth-order valence-electron chi connectivity index (χ4n) is 2.30. The minimum absolute atomic E-state index is 0.570. The Hall–Kier alpha value is -0.130. The van der Waals surface area contributed by atoms with Crippen LogP contribution in [0, 0.1) is 5.92 Å². The average molecular weight is 248 g/mol. The molecule has 1 heterocycles. The Bertz CT molecular complexity index is 290. The van der Waals surface area contributed by atoms with Crippen molar-refractivity contribution in [2.45, 2.75) is 32.1 Å². The standard InChI is InChI=1S/C11H24N2O2S/c1-12-8-4-3-6-11-7-5-9-13(10-11)16(2,14)15/h11-12H,3-10H2,1-2H3. The van der Waals surface area contributed by atoms with Gasteiger partial charge in [-0.2, -0.15) is 0 Å². The molecule has 1 fully saturated rings. The molecule has 0 aliphatic carbocycles. The van der Waals surface area contributed by atoms with Gasteiger partial charge < -0.3 is 5.32 Å². The molecule has 16 heavy (non-hydrogen) atoms. The van der Waals surface area contributed by atoms with Crippen molar-refractivity contribution < 1.29 is 8.42 Å². The van der Waals surface area contributed by atoms with Crippen molar-refractivity contribution in [3.8, 4) is 0 Å². The van der Waals surface area contributed by atoms with Gasteiger partial charge in [-0.15, -0.1) is 0 Å². The van der Waals surface area contributed by atoms with Crippen molar-refractivity contribution in [2.75, 3.05) is 32.9 Å². The molecule has 0 spiro atoms. The van der Waals surface area contributed by atoms with E-state index in [0.29, 0.717) is 12.5 Å². The molecule has 0 aromatic carbocycles. The predicted octanol–water partition coefficient (Wildman–Crippen LogP) is 1.05. The van der Waals surface area contributed by atoms with Gasteiger partial charge in [-0.1, -0.05) is 6.42 Å². The Kier molecular flexibility index (Phi) is 5.72. The van der Waals surface area contributed by atoms with Crippen molar-refractivity contribution in [2.24, 2.45) is 5.92 Å². The molecule has 0 saturated carbocycles. The predicted molar refractivity (Wildman–Crippen MR) is 66.9 cm³/mol. The van der Waals surface area contributed by atoms with Crippen LogP contribution in [0.3, 0.4) is 0 Å². The van der Waals surface area contributed by atoms with Gasteiger partial charge in [0.25, 0.3) is 0 Å². The van der Waals surface area contributed by atoms with E-state index in [4.69, 9.17) is 0 Å². The molecular weight excluding hydrogens is 224 g/mol. The van der Waals surface area contributed by atoms with Crippen LogP contribution in [0.2, 0.25) is 0 Å². The highest BCUT2D eigenvalue weighted by Gasteiger charge is 2.25. The van der Waals surface area contributed by atoms with E-state index in [-0.39, 0.29) is 0 Å². The number of nitrogens with zero attached hydrogens (tertiary/aromatic N) is 1. The first-order valence-corrected chi connectivity index (χ1v) is 7.98. The summed E-state index contributed by atoms with van der Waals surface area (Å²) in [5, 5.41) is 3.13. The maximum Gasteiger partial charge on any atom is 0.211 e. The smallest absolute Gasteiger partial charge is 0.211 e. The highest BCUT2D eigenvalue weighted by molar-refractivity contribution is 7.88. The van der Waals surface area contributed by atoms with Crippen molar-refractivity contribution in [3.05, 3.63) is 0 Å². The van der Waals surface area contributed by atoms with E-state index in [9.17, 15) is 8.42 Å². The highest BCUT2D eigenvalue weighted by atomic mass is 32.2. The molecule has 96 valence electrons. The Morgan fingerprint density at radius 1 is 1.38 bits per heavy atom. The Labute approximate surface area is 99.5 Å². The van der Waals surface area contributed by atoms with E-state index in [1.165, 1.54) is 25.5 Å². The maximum absolute atomic E-state index is 11.4. The van der Waals surface area contributed by atoms with E-state index in [1.807, 2.05) is 7.05 Å². The summed E-state index contributed by atoms with van der Waals surface area (Å²) in [6, 6.07) is 0. The monoisotopic (exact) mass is 248 g/mol. The average Bonchev–Trinajstić information content (AvgIpc) is 2.24. The van der Waals surface area contributed by atoms with E-state index >= 15 is 0 Å². The molecule has 1 rings (SSSR count). The lowest BCUT2D eigenvalue weighted by Crippen LogP contribution is -2.39. The zero-order valence-electron chi connectivity index (χ0n) is 10.4. The molecule has 5 heteroatoms. The summed E-state index contributed by atoms with van der Waals surface area (Å²) in [4.78, 5) is 0. The lowest BCUT2D eigenvalue weighted by atomic mass is 9.94. The van der Waals surface area contributed by atoms with E-state index in [2.05, 4.69) is 5.32 Å². The third-order valence-electron chi connectivity index (χ3n) is 3.24. The number of rotatable bonds is 6. The molecule has 0 aromatic heterocycles. The molecular formula is C11H24N2O2S. The molecule has 4 nitrogen and oxygen atoms in total. The number of sulfonamides is 1. The first-order chi connectivity index (χ1) is 7.54. The van der Waals surface area contributed by atoms with Gasteiger partial charge in [0.2, 0.25) is 10.0 Å². The van der Waals surface area contributed by atoms with Gasteiger partial charge in [-0.05, 0) is 45.2 Å². The molecule has 1 N–H and O–H groups in total. The van der Waals surface area contributed by atoms with E-state index in [0.717, 1.165) is 25.9 Å².